The van der Waals surface area contributed by atoms with Gasteiger partial charge >= 0.3 is 0 Å². The van der Waals surface area contributed by atoms with Crippen molar-refractivity contribution in [1.82, 2.24) is 0 Å². The maximum atomic E-state index is 5.50. The molecular formula is C9H18O2. The summed E-state index contributed by atoms with van der Waals surface area (Å²) < 4.78 is 10.8. The smallest absolute Gasteiger partial charge is 0.0704 e. The second kappa shape index (κ2) is 5.56. The molecule has 1 rings (SSSR count). The molecule has 0 aromatic heterocycles. The zero-order valence-electron chi connectivity index (χ0n) is 7.34. The van der Waals surface area contributed by atoms with E-state index in [2.05, 4.69) is 6.92 Å². The minimum Gasteiger partial charge on any atom is -0.379 e. The van der Waals surface area contributed by atoms with Crippen molar-refractivity contribution in [2.45, 2.75) is 38.7 Å². The van der Waals surface area contributed by atoms with Crippen molar-refractivity contribution in [3.63, 3.8) is 0 Å². The summed E-state index contributed by atoms with van der Waals surface area (Å²) in [5, 5.41) is 0. The first-order valence-electron chi connectivity index (χ1n) is 4.63. The van der Waals surface area contributed by atoms with Crippen molar-refractivity contribution in [3.05, 3.63) is 0 Å². The molecule has 2 nitrogen and oxygen atoms in total. The number of rotatable bonds is 6. The van der Waals surface area contributed by atoms with Gasteiger partial charge in [0, 0.05) is 6.61 Å². The van der Waals surface area contributed by atoms with E-state index >= 15 is 0 Å². The van der Waals surface area contributed by atoms with Gasteiger partial charge in [-0.05, 0) is 25.7 Å². The average Bonchev–Trinajstić information content (AvgIpc) is 1.93. The molecule has 0 radical (unpaired) electrons. The minimum absolute atomic E-state index is 0.556. The summed E-state index contributed by atoms with van der Waals surface area (Å²) in [4.78, 5) is 0. The Kier molecular flexibility index (Phi) is 4.55. The van der Waals surface area contributed by atoms with Gasteiger partial charge in [-0.3, -0.25) is 0 Å². The molecule has 0 saturated heterocycles. The lowest BCUT2D eigenvalue weighted by Gasteiger charge is -2.25. The van der Waals surface area contributed by atoms with Gasteiger partial charge in [0.1, 0.15) is 0 Å². The van der Waals surface area contributed by atoms with Crippen LogP contribution in [0.1, 0.15) is 32.6 Å². The molecule has 0 heterocycles. The summed E-state index contributed by atoms with van der Waals surface area (Å²) in [7, 11) is 0. The first-order valence-corrected chi connectivity index (χ1v) is 4.63. The topological polar surface area (TPSA) is 18.5 Å². The van der Waals surface area contributed by atoms with Gasteiger partial charge in [-0.25, -0.2) is 0 Å². The van der Waals surface area contributed by atoms with E-state index in [1.165, 1.54) is 19.3 Å². The third-order valence-corrected chi connectivity index (χ3v) is 1.98. The Hall–Kier alpha value is -0.0800. The zero-order valence-corrected chi connectivity index (χ0v) is 7.34. The van der Waals surface area contributed by atoms with E-state index in [0.29, 0.717) is 6.10 Å². The van der Waals surface area contributed by atoms with E-state index in [9.17, 15) is 0 Å². The first-order chi connectivity index (χ1) is 5.43. The van der Waals surface area contributed by atoms with Gasteiger partial charge in [-0.1, -0.05) is 6.92 Å². The monoisotopic (exact) mass is 158 g/mol. The van der Waals surface area contributed by atoms with E-state index in [4.69, 9.17) is 9.47 Å². The lowest BCUT2D eigenvalue weighted by Crippen LogP contribution is -2.23. The van der Waals surface area contributed by atoms with Crippen LogP contribution in [0.3, 0.4) is 0 Å². The molecule has 1 fully saturated rings. The van der Waals surface area contributed by atoms with Crippen LogP contribution < -0.4 is 0 Å². The van der Waals surface area contributed by atoms with Crippen LogP contribution in [0.5, 0.6) is 0 Å². The average molecular weight is 158 g/mol. The lowest BCUT2D eigenvalue weighted by molar-refractivity contribution is -0.0285. The van der Waals surface area contributed by atoms with Crippen molar-refractivity contribution in [2.75, 3.05) is 19.8 Å². The molecule has 0 spiro atoms. The van der Waals surface area contributed by atoms with Gasteiger partial charge < -0.3 is 9.47 Å². The Bertz CT molecular complexity index is 89.6. The largest absolute Gasteiger partial charge is 0.379 e. The third kappa shape index (κ3) is 3.73. The summed E-state index contributed by atoms with van der Waals surface area (Å²) in [5.74, 6) is 0. The van der Waals surface area contributed by atoms with Crippen molar-refractivity contribution in [1.29, 1.82) is 0 Å². The Labute approximate surface area is 68.9 Å². The summed E-state index contributed by atoms with van der Waals surface area (Å²) in [6.45, 7) is 4.54. The Balaban J connectivity index is 1.73. The summed E-state index contributed by atoms with van der Waals surface area (Å²) in [6.07, 6.45) is 5.52. The molecule has 0 unspecified atom stereocenters. The van der Waals surface area contributed by atoms with Crippen molar-refractivity contribution in [3.8, 4) is 0 Å². The molecule has 0 aromatic rings. The Morgan fingerprint density at radius 2 is 2.00 bits per heavy atom. The minimum atomic E-state index is 0.556. The fourth-order valence-corrected chi connectivity index (χ4v) is 1.06. The standard InChI is InChI=1S/C9H18O2/c1-2-6-10-7-8-11-9-4-3-5-9/h9H,2-8H2,1H3. The molecular weight excluding hydrogens is 140 g/mol. The van der Waals surface area contributed by atoms with Crippen LogP contribution in [0.25, 0.3) is 0 Å². The van der Waals surface area contributed by atoms with Crippen LogP contribution in [0.15, 0.2) is 0 Å². The second-order valence-electron chi connectivity index (χ2n) is 3.04. The molecule has 66 valence electrons. The van der Waals surface area contributed by atoms with Gasteiger partial charge in [-0.2, -0.15) is 0 Å². The van der Waals surface area contributed by atoms with E-state index in [1.54, 1.807) is 0 Å². The summed E-state index contributed by atoms with van der Waals surface area (Å²) >= 11 is 0. The van der Waals surface area contributed by atoms with E-state index in [0.717, 1.165) is 26.2 Å². The molecule has 1 aliphatic rings. The summed E-state index contributed by atoms with van der Waals surface area (Å²) in [5.41, 5.74) is 0. The van der Waals surface area contributed by atoms with Crippen molar-refractivity contribution in [2.24, 2.45) is 0 Å². The predicted molar refractivity (Wildman–Crippen MR) is 44.7 cm³/mol. The lowest BCUT2D eigenvalue weighted by atomic mass is 9.96. The van der Waals surface area contributed by atoms with Crippen LogP contribution in [-0.4, -0.2) is 25.9 Å². The highest BCUT2D eigenvalue weighted by Gasteiger charge is 2.16. The van der Waals surface area contributed by atoms with Gasteiger partial charge in [0.2, 0.25) is 0 Å². The molecule has 0 atom stereocenters. The van der Waals surface area contributed by atoms with Crippen LogP contribution in [-0.2, 0) is 9.47 Å². The predicted octanol–water partition coefficient (Wildman–Crippen LogP) is 1.98. The summed E-state index contributed by atoms with van der Waals surface area (Å²) in [6, 6.07) is 0. The molecule has 0 aromatic carbocycles. The Morgan fingerprint density at radius 3 is 2.55 bits per heavy atom. The number of ether oxygens (including phenoxy) is 2. The molecule has 1 aliphatic carbocycles. The van der Waals surface area contributed by atoms with Crippen LogP contribution >= 0.6 is 0 Å². The first kappa shape index (κ1) is 9.01. The zero-order chi connectivity index (χ0) is 7.94. The van der Waals surface area contributed by atoms with E-state index in [1.807, 2.05) is 0 Å². The van der Waals surface area contributed by atoms with E-state index in [-0.39, 0.29) is 0 Å². The van der Waals surface area contributed by atoms with Gasteiger partial charge in [0.15, 0.2) is 0 Å². The maximum Gasteiger partial charge on any atom is 0.0704 e. The van der Waals surface area contributed by atoms with Gasteiger partial charge in [-0.15, -0.1) is 0 Å². The highest BCUT2D eigenvalue weighted by Crippen LogP contribution is 2.21. The Morgan fingerprint density at radius 1 is 1.18 bits per heavy atom. The normalized spacial score (nSPS) is 18.3. The van der Waals surface area contributed by atoms with Crippen molar-refractivity contribution >= 4 is 0 Å². The second-order valence-corrected chi connectivity index (χ2v) is 3.04. The molecule has 2 heteroatoms. The van der Waals surface area contributed by atoms with Gasteiger partial charge in [0.05, 0.1) is 19.3 Å². The molecule has 0 N–H and O–H groups in total. The molecule has 0 bridgehead atoms. The van der Waals surface area contributed by atoms with Crippen LogP contribution in [0, 0.1) is 0 Å². The highest BCUT2D eigenvalue weighted by molar-refractivity contribution is 4.68. The third-order valence-electron chi connectivity index (χ3n) is 1.98. The molecule has 0 aliphatic heterocycles. The highest BCUT2D eigenvalue weighted by atomic mass is 16.5. The number of hydrogen-bond acceptors (Lipinski definition) is 2. The van der Waals surface area contributed by atoms with Crippen LogP contribution in [0.4, 0.5) is 0 Å². The van der Waals surface area contributed by atoms with E-state index < -0.39 is 0 Å². The van der Waals surface area contributed by atoms with Gasteiger partial charge in [0.25, 0.3) is 0 Å². The number of hydrogen-bond donors (Lipinski definition) is 0. The molecule has 0 amide bonds. The van der Waals surface area contributed by atoms with Crippen LogP contribution in [0.2, 0.25) is 0 Å². The fraction of sp³-hybridized carbons (Fsp3) is 1.00. The SMILES string of the molecule is CCCOCCOC1CCC1. The molecule has 11 heavy (non-hydrogen) atoms. The maximum absolute atomic E-state index is 5.50. The van der Waals surface area contributed by atoms with Crippen molar-refractivity contribution < 1.29 is 9.47 Å². The molecule has 1 saturated carbocycles. The fourth-order valence-electron chi connectivity index (χ4n) is 1.06. The quantitative estimate of drug-likeness (QED) is 0.550.